The summed E-state index contributed by atoms with van der Waals surface area (Å²) in [5, 5.41) is 13.0. The van der Waals surface area contributed by atoms with E-state index in [9.17, 15) is 5.11 Å². The zero-order valence-corrected chi connectivity index (χ0v) is 10.4. The van der Waals surface area contributed by atoms with Crippen LogP contribution in [0.25, 0.3) is 0 Å². The number of anilines is 2. The van der Waals surface area contributed by atoms with Crippen molar-refractivity contribution in [1.82, 2.24) is 4.98 Å². The number of hydrogen-bond donors (Lipinski definition) is 2. The van der Waals surface area contributed by atoms with Crippen LogP contribution in [-0.2, 0) is 0 Å². The Bertz CT molecular complexity index is 356. The number of piperidine rings is 1. The summed E-state index contributed by atoms with van der Waals surface area (Å²) in [6.07, 6.45) is 2.83. The zero-order valence-electron chi connectivity index (χ0n) is 10.4. The van der Waals surface area contributed by atoms with Gasteiger partial charge in [-0.15, -0.1) is 0 Å². The number of aromatic nitrogens is 1. The molecule has 0 spiro atoms. The molecule has 2 rings (SSSR count). The third-order valence-corrected chi connectivity index (χ3v) is 3.01. The Morgan fingerprint density at radius 3 is 3.18 bits per heavy atom. The molecule has 1 aromatic heterocycles. The smallest absolute Gasteiger partial charge is 0.131 e. The highest BCUT2D eigenvalue weighted by Gasteiger charge is 2.18. The van der Waals surface area contributed by atoms with Gasteiger partial charge in [0.2, 0.25) is 0 Å². The summed E-state index contributed by atoms with van der Waals surface area (Å²) in [6.45, 7) is 4.77. The van der Waals surface area contributed by atoms with Crippen LogP contribution < -0.4 is 10.2 Å². The van der Waals surface area contributed by atoms with Crippen LogP contribution in [0.2, 0.25) is 0 Å². The van der Waals surface area contributed by atoms with Gasteiger partial charge in [0.1, 0.15) is 11.6 Å². The molecular formula is C13H21N3O. The number of β-amino-alcohol motifs (C(OH)–C–C–N with tert-alkyl or cyclic N) is 1. The molecule has 2 N–H and O–H groups in total. The molecule has 0 bridgehead atoms. The van der Waals surface area contributed by atoms with E-state index in [1.165, 1.54) is 0 Å². The zero-order chi connectivity index (χ0) is 12.1. The highest BCUT2D eigenvalue weighted by atomic mass is 16.3. The molecule has 1 fully saturated rings. The molecule has 1 saturated heterocycles. The van der Waals surface area contributed by atoms with Gasteiger partial charge in [-0.05, 0) is 31.4 Å². The highest BCUT2D eigenvalue weighted by molar-refractivity contribution is 5.47. The van der Waals surface area contributed by atoms with Crippen LogP contribution in [0.3, 0.4) is 0 Å². The molecule has 0 radical (unpaired) electrons. The lowest BCUT2D eigenvalue weighted by molar-refractivity contribution is 0.154. The lowest BCUT2D eigenvalue weighted by atomic mass is 10.1. The van der Waals surface area contributed by atoms with Crippen LogP contribution in [0.4, 0.5) is 11.6 Å². The van der Waals surface area contributed by atoms with Crippen molar-refractivity contribution in [3.8, 4) is 0 Å². The molecular weight excluding hydrogens is 214 g/mol. The minimum Gasteiger partial charge on any atom is -0.391 e. The summed E-state index contributed by atoms with van der Waals surface area (Å²) in [7, 11) is 0. The van der Waals surface area contributed by atoms with E-state index in [-0.39, 0.29) is 6.10 Å². The Balaban J connectivity index is 2.04. The van der Waals surface area contributed by atoms with Gasteiger partial charge in [-0.3, -0.25) is 0 Å². The van der Waals surface area contributed by atoms with E-state index in [4.69, 9.17) is 0 Å². The molecule has 0 saturated carbocycles. The van der Waals surface area contributed by atoms with E-state index in [2.05, 4.69) is 22.1 Å². The standard InChI is InChI=1S/C13H21N3O/c1-2-8-14-12-6-3-7-13(15-12)16-9-4-5-11(17)10-16/h3,6-7,11,17H,2,4-5,8-10H2,1H3,(H,14,15). The Kier molecular flexibility index (Phi) is 4.20. The average molecular weight is 235 g/mol. The van der Waals surface area contributed by atoms with E-state index in [1.54, 1.807) is 0 Å². The number of nitrogens with one attached hydrogen (secondary N) is 1. The first kappa shape index (κ1) is 12.2. The molecule has 0 aromatic carbocycles. The van der Waals surface area contributed by atoms with Crippen LogP contribution >= 0.6 is 0 Å². The van der Waals surface area contributed by atoms with Crippen molar-refractivity contribution >= 4 is 11.6 Å². The van der Waals surface area contributed by atoms with Gasteiger partial charge in [-0.25, -0.2) is 4.98 Å². The molecule has 94 valence electrons. The van der Waals surface area contributed by atoms with E-state index in [0.717, 1.165) is 44.0 Å². The largest absolute Gasteiger partial charge is 0.391 e. The SMILES string of the molecule is CCCNc1cccc(N2CCCC(O)C2)n1. The first-order valence-electron chi connectivity index (χ1n) is 6.43. The number of aliphatic hydroxyl groups excluding tert-OH is 1. The summed E-state index contributed by atoms with van der Waals surface area (Å²) in [4.78, 5) is 6.73. The van der Waals surface area contributed by atoms with E-state index < -0.39 is 0 Å². The number of pyridine rings is 1. The van der Waals surface area contributed by atoms with Crippen molar-refractivity contribution in [3.05, 3.63) is 18.2 Å². The van der Waals surface area contributed by atoms with Gasteiger partial charge in [0.15, 0.2) is 0 Å². The van der Waals surface area contributed by atoms with Crippen molar-refractivity contribution < 1.29 is 5.11 Å². The maximum Gasteiger partial charge on any atom is 0.131 e. The Morgan fingerprint density at radius 2 is 2.41 bits per heavy atom. The monoisotopic (exact) mass is 235 g/mol. The van der Waals surface area contributed by atoms with Crippen LogP contribution in [0.1, 0.15) is 26.2 Å². The predicted molar refractivity (Wildman–Crippen MR) is 70.5 cm³/mol. The molecule has 1 aliphatic rings. The average Bonchev–Trinajstić information content (AvgIpc) is 2.37. The van der Waals surface area contributed by atoms with Gasteiger partial charge in [-0.1, -0.05) is 13.0 Å². The molecule has 1 aromatic rings. The molecule has 17 heavy (non-hydrogen) atoms. The summed E-state index contributed by atoms with van der Waals surface area (Å²) >= 11 is 0. The summed E-state index contributed by atoms with van der Waals surface area (Å²) in [6, 6.07) is 6.01. The topological polar surface area (TPSA) is 48.4 Å². The van der Waals surface area contributed by atoms with Crippen LogP contribution in [-0.4, -0.2) is 35.8 Å². The fraction of sp³-hybridized carbons (Fsp3) is 0.615. The van der Waals surface area contributed by atoms with E-state index in [1.807, 2.05) is 18.2 Å². The summed E-state index contributed by atoms with van der Waals surface area (Å²) in [5.41, 5.74) is 0. The van der Waals surface area contributed by atoms with Gasteiger partial charge < -0.3 is 15.3 Å². The van der Waals surface area contributed by atoms with Crippen molar-refractivity contribution in [2.45, 2.75) is 32.3 Å². The first-order valence-corrected chi connectivity index (χ1v) is 6.43. The second-order valence-corrected chi connectivity index (χ2v) is 4.55. The van der Waals surface area contributed by atoms with Gasteiger partial charge in [0.05, 0.1) is 6.10 Å². The second kappa shape index (κ2) is 5.87. The highest BCUT2D eigenvalue weighted by Crippen LogP contribution is 2.19. The molecule has 4 heteroatoms. The van der Waals surface area contributed by atoms with Crippen molar-refractivity contribution in [1.29, 1.82) is 0 Å². The van der Waals surface area contributed by atoms with E-state index in [0.29, 0.717) is 6.54 Å². The third kappa shape index (κ3) is 3.33. The molecule has 1 unspecified atom stereocenters. The van der Waals surface area contributed by atoms with Crippen LogP contribution in [0.5, 0.6) is 0 Å². The molecule has 1 atom stereocenters. The lowest BCUT2D eigenvalue weighted by Gasteiger charge is -2.31. The fourth-order valence-electron chi connectivity index (χ4n) is 2.11. The number of nitrogens with zero attached hydrogens (tertiary/aromatic N) is 2. The number of aliphatic hydroxyl groups is 1. The van der Waals surface area contributed by atoms with Gasteiger partial charge in [0.25, 0.3) is 0 Å². The Morgan fingerprint density at radius 1 is 1.53 bits per heavy atom. The Labute approximate surface area is 103 Å². The van der Waals surface area contributed by atoms with Crippen molar-refractivity contribution in [2.24, 2.45) is 0 Å². The maximum atomic E-state index is 9.67. The third-order valence-electron chi connectivity index (χ3n) is 3.01. The van der Waals surface area contributed by atoms with Gasteiger partial charge >= 0.3 is 0 Å². The van der Waals surface area contributed by atoms with Gasteiger partial charge in [-0.2, -0.15) is 0 Å². The second-order valence-electron chi connectivity index (χ2n) is 4.55. The minimum absolute atomic E-state index is 0.210. The van der Waals surface area contributed by atoms with Crippen LogP contribution in [0.15, 0.2) is 18.2 Å². The normalized spacial score (nSPS) is 20.4. The van der Waals surface area contributed by atoms with Crippen LogP contribution in [0, 0.1) is 0 Å². The number of rotatable bonds is 4. The lowest BCUT2D eigenvalue weighted by Crippen LogP contribution is -2.38. The molecule has 0 amide bonds. The van der Waals surface area contributed by atoms with Crippen molar-refractivity contribution in [3.63, 3.8) is 0 Å². The Hall–Kier alpha value is -1.29. The molecule has 4 nitrogen and oxygen atoms in total. The first-order chi connectivity index (χ1) is 8.29. The van der Waals surface area contributed by atoms with E-state index >= 15 is 0 Å². The molecule has 2 heterocycles. The number of hydrogen-bond acceptors (Lipinski definition) is 4. The van der Waals surface area contributed by atoms with Gasteiger partial charge in [0, 0.05) is 19.6 Å². The van der Waals surface area contributed by atoms with Crippen molar-refractivity contribution in [2.75, 3.05) is 29.9 Å². The summed E-state index contributed by atoms with van der Waals surface area (Å²) in [5.74, 6) is 1.88. The summed E-state index contributed by atoms with van der Waals surface area (Å²) < 4.78 is 0. The molecule has 1 aliphatic heterocycles. The molecule has 0 aliphatic carbocycles. The fourth-order valence-corrected chi connectivity index (χ4v) is 2.11. The minimum atomic E-state index is -0.210. The maximum absolute atomic E-state index is 9.67. The quantitative estimate of drug-likeness (QED) is 0.836. The predicted octanol–water partition coefficient (Wildman–Crippen LogP) is 1.86.